The maximum atomic E-state index is 3.42. The second kappa shape index (κ2) is 4.85. The molecule has 1 heteroatoms. The first-order chi connectivity index (χ1) is 7.34. The van der Waals surface area contributed by atoms with E-state index in [1.165, 1.54) is 16.7 Å². The Kier molecular flexibility index (Phi) is 3.25. The Morgan fingerprint density at radius 1 is 1.00 bits per heavy atom. The predicted octanol–water partition coefficient (Wildman–Crippen LogP) is 3.00. The summed E-state index contributed by atoms with van der Waals surface area (Å²) in [6, 6.07) is 17.1. The van der Waals surface area contributed by atoms with Gasteiger partial charge in [-0.15, -0.1) is 0 Å². The van der Waals surface area contributed by atoms with Gasteiger partial charge >= 0.3 is 0 Å². The Morgan fingerprint density at radius 2 is 1.73 bits per heavy atom. The zero-order valence-electron chi connectivity index (χ0n) is 9.03. The molecule has 0 aromatic heterocycles. The van der Waals surface area contributed by atoms with Crippen molar-refractivity contribution in [2.24, 2.45) is 0 Å². The van der Waals surface area contributed by atoms with Gasteiger partial charge < -0.3 is 5.32 Å². The quantitative estimate of drug-likeness (QED) is 0.745. The van der Waals surface area contributed by atoms with E-state index in [1.54, 1.807) is 0 Å². The van der Waals surface area contributed by atoms with E-state index in [2.05, 4.69) is 60.8 Å². The molecular weight excluding hydrogens is 182 g/mol. The lowest BCUT2D eigenvalue weighted by molar-refractivity contribution is 0.694. The summed E-state index contributed by atoms with van der Waals surface area (Å²) < 4.78 is 0. The van der Waals surface area contributed by atoms with E-state index >= 15 is 0 Å². The highest BCUT2D eigenvalue weighted by Gasteiger charge is 1.90. The SMILES string of the molecule is Cc1ccc(CNCc2cc[cH-]c2)cc1. The molecule has 78 valence electrons. The normalized spacial score (nSPS) is 10.5. The zero-order valence-corrected chi connectivity index (χ0v) is 9.03. The van der Waals surface area contributed by atoms with Gasteiger partial charge in [-0.3, -0.25) is 0 Å². The topological polar surface area (TPSA) is 12.0 Å². The molecule has 2 aromatic rings. The number of benzene rings is 1. The molecular formula is C14H16N-. The Hall–Kier alpha value is -1.47. The highest BCUT2D eigenvalue weighted by molar-refractivity contribution is 5.21. The van der Waals surface area contributed by atoms with Crippen molar-refractivity contribution >= 4 is 0 Å². The Labute approximate surface area is 91.1 Å². The molecule has 1 nitrogen and oxygen atoms in total. The van der Waals surface area contributed by atoms with Gasteiger partial charge in [-0.2, -0.15) is 23.8 Å². The van der Waals surface area contributed by atoms with E-state index in [1.807, 2.05) is 0 Å². The average Bonchev–Trinajstić information content (AvgIpc) is 2.74. The number of aryl methyl sites for hydroxylation is 1. The van der Waals surface area contributed by atoms with Gasteiger partial charge in [0.25, 0.3) is 0 Å². The summed E-state index contributed by atoms with van der Waals surface area (Å²) in [7, 11) is 0. The van der Waals surface area contributed by atoms with Crippen LogP contribution in [0.5, 0.6) is 0 Å². The standard InChI is InChI=1S/C14H16N/c1-12-6-8-14(9-7-12)11-15-10-13-4-2-3-5-13/h2-9,15H,10-11H2,1H3/q-1. The van der Waals surface area contributed by atoms with Crippen LogP contribution in [0.25, 0.3) is 0 Å². The van der Waals surface area contributed by atoms with Crippen LogP contribution in [-0.2, 0) is 13.1 Å². The Balaban J connectivity index is 1.81. The summed E-state index contributed by atoms with van der Waals surface area (Å²) in [5.41, 5.74) is 4.00. The minimum Gasteiger partial charge on any atom is -0.321 e. The molecule has 0 radical (unpaired) electrons. The Bertz CT molecular complexity index is 384. The first kappa shape index (κ1) is 10.1. The largest absolute Gasteiger partial charge is 0.321 e. The Morgan fingerprint density at radius 3 is 2.40 bits per heavy atom. The highest BCUT2D eigenvalue weighted by atomic mass is 14.8. The molecule has 0 saturated carbocycles. The van der Waals surface area contributed by atoms with E-state index in [4.69, 9.17) is 0 Å². The van der Waals surface area contributed by atoms with Gasteiger partial charge in [0.05, 0.1) is 0 Å². The number of nitrogens with one attached hydrogen (secondary N) is 1. The van der Waals surface area contributed by atoms with Crippen molar-refractivity contribution in [3.05, 3.63) is 65.2 Å². The molecule has 2 aromatic carbocycles. The first-order valence-electron chi connectivity index (χ1n) is 5.31. The second-order valence-electron chi connectivity index (χ2n) is 3.88. The van der Waals surface area contributed by atoms with Crippen LogP contribution >= 0.6 is 0 Å². The minimum atomic E-state index is 0.936. The van der Waals surface area contributed by atoms with Gasteiger partial charge in [0.15, 0.2) is 0 Å². The fraction of sp³-hybridized carbons (Fsp3) is 0.214. The maximum Gasteiger partial charge on any atom is 0.0197 e. The first-order valence-corrected chi connectivity index (χ1v) is 5.31. The molecule has 15 heavy (non-hydrogen) atoms. The lowest BCUT2D eigenvalue weighted by Gasteiger charge is -2.07. The molecule has 0 aliphatic rings. The minimum absolute atomic E-state index is 0.936. The molecule has 2 rings (SSSR count). The van der Waals surface area contributed by atoms with Gasteiger partial charge in [0.1, 0.15) is 0 Å². The maximum absolute atomic E-state index is 3.42. The van der Waals surface area contributed by atoms with E-state index in [0.717, 1.165) is 13.1 Å². The molecule has 0 heterocycles. The van der Waals surface area contributed by atoms with Gasteiger partial charge in [-0.1, -0.05) is 29.8 Å². The third kappa shape index (κ3) is 3.00. The van der Waals surface area contributed by atoms with Crippen molar-refractivity contribution in [2.45, 2.75) is 20.0 Å². The van der Waals surface area contributed by atoms with Crippen LogP contribution in [0.3, 0.4) is 0 Å². The van der Waals surface area contributed by atoms with Crippen LogP contribution in [-0.4, -0.2) is 0 Å². The third-order valence-electron chi connectivity index (χ3n) is 2.51. The molecule has 0 spiro atoms. The highest BCUT2D eigenvalue weighted by Crippen LogP contribution is 2.04. The van der Waals surface area contributed by atoms with Crippen molar-refractivity contribution < 1.29 is 0 Å². The molecule has 0 aliphatic heterocycles. The summed E-state index contributed by atoms with van der Waals surface area (Å²) >= 11 is 0. The van der Waals surface area contributed by atoms with Crippen LogP contribution in [0.4, 0.5) is 0 Å². The van der Waals surface area contributed by atoms with Gasteiger partial charge in [-0.05, 0) is 19.0 Å². The fourth-order valence-electron chi connectivity index (χ4n) is 1.59. The fourth-order valence-corrected chi connectivity index (χ4v) is 1.59. The molecule has 1 N–H and O–H groups in total. The van der Waals surface area contributed by atoms with Crippen molar-refractivity contribution in [2.75, 3.05) is 0 Å². The van der Waals surface area contributed by atoms with Gasteiger partial charge in [0, 0.05) is 6.54 Å². The van der Waals surface area contributed by atoms with Crippen molar-refractivity contribution in [3.63, 3.8) is 0 Å². The summed E-state index contributed by atoms with van der Waals surface area (Å²) in [5, 5.41) is 3.42. The summed E-state index contributed by atoms with van der Waals surface area (Å²) in [4.78, 5) is 0. The van der Waals surface area contributed by atoms with E-state index in [-0.39, 0.29) is 0 Å². The van der Waals surface area contributed by atoms with Gasteiger partial charge in [0.2, 0.25) is 0 Å². The second-order valence-corrected chi connectivity index (χ2v) is 3.88. The van der Waals surface area contributed by atoms with Crippen LogP contribution in [0.2, 0.25) is 0 Å². The molecule has 0 bridgehead atoms. The molecule has 0 saturated heterocycles. The zero-order chi connectivity index (χ0) is 10.5. The molecule has 0 aliphatic carbocycles. The van der Waals surface area contributed by atoms with Crippen LogP contribution in [0.1, 0.15) is 16.7 Å². The molecule has 0 amide bonds. The van der Waals surface area contributed by atoms with Crippen molar-refractivity contribution in [3.8, 4) is 0 Å². The van der Waals surface area contributed by atoms with Crippen LogP contribution < -0.4 is 5.32 Å². The molecule has 0 unspecified atom stereocenters. The van der Waals surface area contributed by atoms with Gasteiger partial charge in [-0.25, -0.2) is 6.07 Å². The van der Waals surface area contributed by atoms with E-state index < -0.39 is 0 Å². The van der Waals surface area contributed by atoms with Crippen LogP contribution in [0, 0.1) is 6.92 Å². The molecule has 0 fully saturated rings. The summed E-state index contributed by atoms with van der Waals surface area (Å²) in [6.45, 7) is 3.99. The monoisotopic (exact) mass is 198 g/mol. The van der Waals surface area contributed by atoms with Crippen LogP contribution in [0.15, 0.2) is 48.5 Å². The van der Waals surface area contributed by atoms with Crippen molar-refractivity contribution in [1.82, 2.24) is 5.32 Å². The van der Waals surface area contributed by atoms with E-state index in [0.29, 0.717) is 0 Å². The number of hydrogen-bond donors (Lipinski definition) is 1. The molecule has 0 atom stereocenters. The van der Waals surface area contributed by atoms with Crippen molar-refractivity contribution in [1.29, 1.82) is 0 Å². The third-order valence-corrected chi connectivity index (χ3v) is 2.51. The summed E-state index contributed by atoms with van der Waals surface area (Å²) in [5.74, 6) is 0. The lowest BCUT2D eigenvalue weighted by atomic mass is 10.1. The summed E-state index contributed by atoms with van der Waals surface area (Å²) in [6.07, 6.45) is 0. The van der Waals surface area contributed by atoms with E-state index in [9.17, 15) is 0 Å². The number of rotatable bonds is 4. The number of hydrogen-bond acceptors (Lipinski definition) is 1. The predicted molar refractivity (Wildman–Crippen MR) is 63.8 cm³/mol. The average molecular weight is 198 g/mol. The lowest BCUT2D eigenvalue weighted by Crippen LogP contribution is -2.11. The smallest absolute Gasteiger partial charge is 0.0197 e.